The largest absolute Gasteiger partial charge is 0.496 e. The van der Waals surface area contributed by atoms with Crippen molar-refractivity contribution in [1.82, 2.24) is 4.57 Å². The molecule has 2 aliphatic rings. The molecule has 0 radical (unpaired) electrons. The zero-order valence-electron chi connectivity index (χ0n) is 21.0. The van der Waals surface area contributed by atoms with Gasteiger partial charge in [0.2, 0.25) is 5.88 Å². The summed E-state index contributed by atoms with van der Waals surface area (Å²) in [6.45, 7) is 5.62. The number of ether oxygens (including phenoxy) is 2. The SMILES string of the molecule is CCOC(=O)C1=C(C)N=c2s/c(=C/c3cc(Br)c(N4CCCCC4)o3)c(=O)n2[C@@H]1c1ccccc1OC. The third kappa shape index (κ3) is 4.80. The Morgan fingerprint density at radius 1 is 1.27 bits per heavy atom. The van der Waals surface area contributed by atoms with E-state index in [1.165, 1.54) is 17.8 Å². The van der Waals surface area contributed by atoms with Crippen molar-refractivity contribution in [3.05, 3.63) is 77.1 Å². The fourth-order valence-electron chi connectivity index (χ4n) is 4.87. The summed E-state index contributed by atoms with van der Waals surface area (Å²) in [5.41, 5.74) is 1.25. The number of methoxy groups -OCH3 is 1. The van der Waals surface area contributed by atoms with Gasteiger partial charge in [0.25, 0.3) is 5.56 Å². The third-order valence-electron chi connectivity index (χ3n) is 6.55. The van der Waals surface area contributed by atoms with Gasteiger partial charge in [-0.2, -0.15) is 0 Å². The first-order chi connectivity index (χ1) is 17.9. The highest BCUT2D eigenvalue weighted by atomic mass is 79.9. The number of benzene rings is 1. The molecule has 4 heterocycles. The number of allylic oxidation sites excluding steroid dienone is 1. The average Bonchev–Trinajstić information content (AvgIpc) is 3.42. The summed E-state index contributed by atoms with van der Waals surface area (Å²) in [5.74, 6) is 1.42. The maximum atomic E-state index is 13.8. The van der Waals surface area contributed by atoms with E-state index in [-0.39, 0.29) is 12.2 Å². The maximum Gasteiger partial charge on any atom is 0.338 e. The molecule has 2 aliphatic heterocycles. The minimum atomic E-state index is -0.735. The lowest BCUT2D eigenvalue weighted by Gasteiger charge is -2.26. The minimum absolute atomic E-state index is 0.214. The molecular formula is C27H28BrN3O5S. The number of rotatable bonds is 6. The second kappa shape index (κ2) is 10.7. The number of hydrogen-bond donors (Lipinski definition) is 0. The van der Waals surface area contributed by atoms with Crippen LogP contribution >= 0.6 is 27.3 Å². The molecule has 194 valence electrons. The first-order valence-electron chi connectivity index (χ1n) is 12.3. The predicted octanol–water partition coefficient (Wildman–Crippen LogP) is 4.15. The van der Waals surface area contributed by atoms with Gasteiger partial charge < -0.3 is 18.8 Å². The highest BCUT2D eigenvalue weighted by molar-refractivity contribution is 9.10. The first-order valence-corrected chi connectivity index (χ1v) is 13.9. The molecule has 5 rings (SSSR count). The number of fused-ring (bicyclic) bond motifs is 1. The fraction of sp³-hybridized carbons (Fsp3) is 0.370. The van der Waals surface area contributed by atoms with Crippen LogP contribution in [0, 0.1) is 0 Å². The van der Waals surface area contributed by atoms with E-state index in [4.69, 9.17) is 13.9 Å². The van der Waals surface area contributed by atoms with Crippen LogP contribution < -0.4 is 24.5 Å². The summed E-state index contributed by atoms with van der Waals surface area (Å²) in [5, 5.41) is 0. The van der Waals surface area contributed by atoms with E-state index in [1.807, 2.05) is 30.3 Å². The van der Waals surface area contributed by atoms with E-state index >= 15 is 0 Å². The van der Waals surface area contributed by atoms with Crippen LogP contribution in [-0.2, 0) is 9.53 Å². The lowest BCUT2D eigenvalue weighted by atomic mass is 9.95. The third-order valence-corrected chi connectivity index (χ3v) is 8.11. The van der Waals surface area contributed by atoms with E-state index in [0.717, 1.165) is 36.3 Å². The Bertz CT molecular complexity index is 1540. The Labute approximate surface area is 226 Å². The highest BCUT2D eigenvalue weighted by Crippen LogP contribution is 2.36. The molecule has 1 aromatic carbocycles. The van der Waals surface area contributed by atoms with E-state index in [1.54, 1.807) is 31.6 Å². The van der Waals surface area contributed by atoms with E-state index in [9.17, 15) is 9.59 Å². The number of aromatic nitrogens is 1. The van der Waals surface area contributed by atoms with Crippen molar-refractivity contribution in [3.63, 3.8) is 0 Å². The van der Waals surface area contributed by atoms with Gasteiger partial charge in [-0.3, -0.25) is 9.36 Å². The van der Waals surface area contributed by atoms with Crippen LogP contribution in [0.1, 0.15) is 50.5 Å². The zero-order chi connectivity index (χ0) is 26.1. The van der Waals surface area contributed by atoms with Crippen LogP contribution in [0.3, 0.4) is 0 Å². The molecule has 37 heavy (non-hydrogen) atoms. The van der Waals surface area contributed by atoms with Crippen molar-refractivity contribution < 1.29 is 18.7 Å². The number of anilines is 1. The van der Waals surface area contributed by atoms with Gasteiger partial charge in [0.15, 0.2) is 4.80 Å². The predicted molar refractivity (Wildman–Crippen MR) is 146 cm³/mol. The second-order valence-corrected chi connectivity index (χ2v) is 10.8. The Kier molecular flexibility index (Phi) is 7.39. The van der Waals surface area contributed by atoms with Gasteiger partial charge in [-0.15, -0.1) is 0 Å². The number of para-hydroxylation sites is 1. The van der Waals surface area contributed by atoms with Gasteiger partial charge in [0.05, 0.1) is 34.0 Å². The monoisotopic (exact) mass is 585 g/mol. The molecule has 0 amide bonds. The quantitative estimate of drug-likeness (QED) is 0.404. The van der Waals surface area contributed by atoms with Crippen LogP contribution in [-0.4, -0.2) is 37.3 Å². The van der Waals surface area contributed by atoms with Crippen molar-refractivity contribution in [2.45, 2.75) is 39.2 Å². The van der Waals surface area contributed by atoms with Crippen molar-refractivity contribution in [3.8, 4) is 5.75 Å². The molecule has 1 fully saturated rings. The number of halogens is 1. The topological polar surface area (TPSA) is 86.3 Å². The lowest BCUT2D eigenvalue weighted by Crippen LogP contribution is -2.40. The molecule has 0 unspecified atom stereocenters. The number of carbonyl (C=O) groups is 1. The molecule has 0 spiro atoms. The van der Waals surface area contributed by atoms with E-state index in [2.05, 4.69) is 25.8 Å². The smallest absolute Gasteiger partial charge is 0.338 e. The summed E-state index contributed by atoms with van der Waals surface area (Å²) < 4.78 is 20.0. The highest BCUT2D eigenvalue weighted by Gasteiger charge is 2.35. The minimum Gasteiger partial charge on any atom is -0.496 e. The van der Waals surface area contributed by atoms with Crippen molar-refractivity contribution in [2.24, 2.45) is 4.99 Å². The lowest BCUT2D eigenvalue weighted by molar-refractivity contribution is -0.139. The van der Waals surface area contributed by atoms with Gasteiger partial charge >= 0.3 is 5.97 Å². The summed E-state index contributed by atoms with van der Waals surface area (Å²) >= 11 is 4.88. The number of piperidine rings is 1. The molecule has 10 heteroatoms. The molecule has 8 nitrogen and oxygen atoms in total. The summed E-state index contributed by atoms with van der Waals surface area (Å²) in [6.07, 6.45) is 5.23. The molecule has 0 saturated carbocycles. The Morgan fingerprint density at radius 3 is 2.76 bits per heavy atom. The van der Waals surface area contributed by atoms with Crippen molar-refractivity contribution >= 4 is 45.2 Å². The fourth-order valence-corrected chi connectivity index (χ4v) is 6.45. The van der Waals surface area contributed by atoms with E-state index in [0.29, 0.717) is 37.7 Å². The molecule has 0 aliphatic carbocycles. The average molecular weight is 587 g/mol. The van der Waals surface area contributed by atoms with Gasteiger partial charge in [-0.25, -0.2) is 9.79 Å². The maximum absolute atomic E-state index is 13.8. The number of thiazole rings is 1. The van der Waals surface area contributed by atoms with Gasteiger partial charge in [-0.1, -0.05) is 29.5 Å². The summed E-state index contributed by atoms with van der Waals surface area (Å²) in [6, 6.07) is 8.52. The van der Waals surface area contributed by atoms with Gasteiger partial charge in [0.1, 0.15) is 17.6 Å². The summed E-state index contributed by atoms with van der Waals surface area (Å²) in [4.78, 5) is 34.3. The van der Waals surface area contributed by atoms with E-state index < -0.39 is 12.0 Å². The number of hydrogen-bond acceptors (Lipinski definition) is 8. The number of furan rings is 1. The first kappa shape index (κ1) is 25.5. The second-order valence-electron chi connectivity index (χ2n) is 8.89. The Balaban J connectivity index is 1.65. The molecule has 1 saturated heterocycles. The van der Waals surface area contributed by atoms with Crippen LogP contribution in [0.2, 0.25) is 0 Å². The molecule has 2 aromatic heterocycles. The molecule has 1 atom stereocenters. The molecular weight excluding hydrogens is 558 g/mol. The molecule has 0 bridgehead atoms. The van der Waals surface area contributed by atoms with Crippen LogP contribution in [0.25, 0.3) is 6.08 Å². The van der Waals surface area contributed by atoms with Crippen LogP contribution in [0.4, 0.5) is 5.88 Å². The van der Waals surface area contributed by atoms with Crippen LogP contribution in [0.5, 0.6) is 5.75 Å². The van der Waals surface area contributed by atoms with Crippen molar-refractivity contribution in [2.75, 3.05) is 31.7 Å². The summed E-state index contributed by atoms with van der Waals surface area (Å²) in [7, 11) is 1.57. The van der Waals surface area contributed by atoms with Crippen LogP contribution in [0.15, 0.2) is 60.3 Å². The Morgan fingerprint density at radius 2 is 2.03 bits per heavy atom. The molecule has 3 aromatic rings. The van der Waals surface area contributed by atoms with Gasteiger partial charge in [-0.05, 0) is 55.1 Å². The number of esters is 1. The Hall–Kier alpha value is -3.11. The number of nitrogens with zero attached hydrogens (tertiary/aromatic N) is 3. The van der Waals surface area contributed by atoms with Crippen molar-refractivity contribution in [1.29, 1.82) is 0 Å². The zero-order valence-corrected chi connectivity index (χ0v) is 23.4. The standard InChI is InChI=1S/C27H28BrN3O5S/c1-4-35-26(33)22-16(2)29-27-31(23(22)18-10-6-7-11-20(18)34-3)24(32)21(37-27)15-17-14-19(28)25(36-17)30-12-8-5-9-13-30/h6-7,10-11,14-15,23H,4-5,8-9,12-13H2,1-3H3/b21-15+/t23-/m1/s1. The number of carbonyl (C=O) groups excluding carboxylic acids is 1. The van der Waals surface area contributed by atoms with Gasteiger partial charge in [0, 0.05) is 30.8 Å². The normalized spacial score (nSPS) is 18.0. The molecule has 0 N–H and O–H groups in total.